The number of hydrogen-bond donors (Lipinski definition) is 2. The Bertz CT molecular complexity index is 586. The van der Waals surface area contributed by atoms with Crippen LogP contribution in [0.4, 0.5) is 0 Å². The third-order valence-electron chi connectivity index (χ3n) is 5.06. The molecule has 0 radical (unpaired) electrons. The fourth-order valence-electron chi connectivity index (χ4n) is 3.21. The molecule has 1 aromatic carbocycles. The maximum Gasteiger partial charge on any atom is 0.279 e. The molecule has 0 heterocycles. The number of carbonyl (C=O) groups is 1. The van der Waals surface area contributed by atoms with Crippen molar-refractivity contribution in [1.82, 2.24) is 5.32 Å². The number of nitrogens with zero attached hydrogens (tertiary/aromatic N) is 1. The molecule has 5 heteroatoms. The number of amides is 1. The minimum absolute atomic E-state index is 0.0375. The van der Waals surface area contributed by atoms with Gasteiger partial charge in [-0.1, -0.05) is 19.3 Å². The van der Waals surface area contributed by atoms with Crippen LogP contribution in [0.1, 0.15) is 44.6 Å². The number of rotatable bonds is 6. The lowest BCUT2D eigenvalue weighted by Crippen LogP contribution is -3.12. The van der Waals surface area contributed by atoms with Gasteiger partial charge in [0.1, 0.15) is 17.8 Å². The van der Waals surface area contributed by atoms with E-state index in [1.54, 1.807) is 7.11 Å². The first-order chi connectivity index (χ1) is 11.5. The van der Waals surface area contributed by atoms with Crippen LogP contribution in [-0.4, -0.2) is 31.6 Å². The van der Waals surface area contributed by atoms with Crippen molar-refractivity contribution in [3.63, 3.8) is 0 Å². The second-order valence-electron chi connectivity index (χ2n) is 6.84. The molecule has 0 spiro atoms. The van der Waals surface area contributed by atoms with E-state index in [4.69, 9.17) is 4.74 Å². The van der Waals surface area contributed by atoms with Gasteiger partial charge < -0.3 is 15.0 Å². The van der Waals surface area contributed by atoms with Gasteiger partial charge in [-0.25, -0.2) is 0 Å². The zero-order chi connectivity index (χ0) is 17.6. The smallest absolute Gasteiger partial charge is 0.279 e. The Hall–Kier alpha value is -2.06. The minimum atomic E-state index is -0.663. The molecule has 5 nitrogen and oxygen atoms in total. The first kappa shape index (κ1) is 18.3. The molecule has 0 aromatic heterocycles. The van der Waals surface area contributed by atoms with Crippen LogP contribution in [0, 0.1) is 11.3 Å². The first-order valence-electron chi connectivity index (χ1n) is 8.68. The van der Waals surface area contributed by atoms with Crippen LogP contribution in [0.3, 0.4) is 0 Å². The quantitative estimate of drug-likeness (QED) is 0.829. The van der Waals surface area contributed by atoms with Crippen molar-refractivity contribution in [3.05, 3.63) is 29.8 Å². The number of likely N-dealkylation sites (N-methyl/N-ethyl adjacent to an activating group) is 1. The normalized spacial score (nSPS) is 18.9. The van der Waals surface area contributed by atoms with E-state index in [0.717, 1.165) is 54.9 Å². The number of carbonyl (C=O) groups excluding carboxylic acids is 1. The summed E-state index contributed by atoms with van der Waals surface area (Å²) in [5.74, 6) is 0.792. The lowest BCUT2D eigenvalue weighted by Gasteiger charge is -2.33. The molecule has 130 valence electrons. The molecular weight excluding hydrogens is 302 g/mol. The van der Waals surface area contributed by atoms with Gasteiger partial charge in [0.25, 0.3) is 5.91 Å². The maximum absolute atomic E-state index is 12.6. The lowest BCUT2D eigenvalue weighted by molar-refractivity contribution is -0.908. The van der Waals surface area contributed by atoms with E-state index in [9.17, 15) is 10.1 Å². The van der Waals surface area contributed by atoms with E-state index in [0.29, 0.717) is 0 Å². The number of ether oxygens (including phenoxy) is 1. The van der Waals surface area contributed by atoms with E-state index >= 15 is 0 Å². The second-order valence-corrected chi connectivity index (χ2v) is 6.84. The van der Waals surface area contributed by atoms with Crippen molar-refractivity contribution < 1.29 is 14.4 Å². The Labute approximate surface area is 144 Å². The number of nitriles is 1. The van der Waals surface area contributed by atoms with Gasteiger partial charge in [-0.3, -0.25) is 4.79 Å². The second kappa shape index (κ2) is 8.16. The molecule has 1 aromatic rings. The van der Waals surface area contributed by atoms with E-state index in [-0.39, 0.29) is 11.9 Å². The minimum Gasteiger partial charge on any atom is -0.497 e. The van der Waals surface area contributed by atoms with Crippen molar-refractivity contribution in [1.29, 1.82) is 5.26 Å². The molecule has 2 N–H and O–H groups in total. The van der Waals surface area contributed by atoms with E-state index < -0.39 is 5.54 Å². The Morgan fingerprint density at radius 1 is 1.33 bits per heavy atom. The number of quaternary nitrogens is 1. The monoisotopic (exact) mass is 330 g/mol. The van der Waals surface area contributed by atoms with Crippen LogP contribution in [0.15, 0.2) is 24.3 Å². The van der Waals surface area contributed by atoms with Crippen LogP contribution in [0.2, 0.25) is 0 Å². The molecule has 1 amide bonds. The predicted octanol–water partition coefficient (Wildman–Crippen LogP) is 1.44. The van der Waals surface area contributed by atoms with Crippen molar-refractivity contribution in [3.8, 4) is 11.8 Å². The lowest BCUT2D eigenvalue weighted by atomic mass is 9.82. The molecular formula is C19H28N3O2+. The van der Waals surface area contributed by atoms with E-state index in [1.807, 2.05) is 38.2 Å². The molecule has 0 aliphatic heterocycles. The molecule has 1 saturated carbocycles. The summed E-state index contributed by atoms with van der Waals surface area (Å²) in [5, 5.41) is 12.5. The average molecular weight is 330 g/mol. The summed E-state index contributed by atoms with van der Waals surface area (Å²) in [5.41, 5.74) is 0.491. The summed E-state index contributed by atoms with van der Waals surface area (Å²) in [6.07, 6.45) is 4.70. The summed E-state index contributed by atoms with van der Waals surface area (Å²) < 4.78 is 5.17. The van der Waals surface area contributed by atoms with E-state index in [1.165, 1.54) is 0 Å². The highest BCUT2D eigenvalue weighted by atomic mass is 16.5. The van der Waals surface area contributed by atoms with Crippen molar-refractivity contribution >= 4 is 5.91 Å². The zero-order valence-corrected chi connectivity index (χ0v) is 14.9. The highest BCUT2D eigenvalue weighted by molar-refractivity contribution is 5.81. The fraction of sp³-hybridized carbons (Fsp3) is 0.579. The van der Waals surface area contributed by atoms with Crippen molar-refractivity contribution in [2.24, 2.45) is 0 Å². The van der Waals surface area contributed by atoms with Gasteiger partial charge in [-0.2, -0.15) is 5.26 Å². The number of benzene rings is 1. The summed E-state index contributed by atoms with van der Waals surface area (Å²) in [4.78, 5) is 13.7. The molecule has 2 rings (SSSR count). The van der Waals surface area contributed by atoms with Crippen LogP contribution in [0.5, 0.6) is 5.75 Å². The molecule has 24 heavy (non-hydrogen) atoms. The SMILES string of the molecule is COc1ccc(C[NH+](C)[C@H](C)C(=O)NC2(C#N)CCCCC2)cc1. The molecule has 1 unspecified atom stereocenters. The largest absolute Gasteiger partial charge is 0.497 e. The third kappa shape index (κ3) is 4.48. The zero-order valence-electron chi connectivity index (χ0n) is 14.9. The van der Waals surface area contributed by atoms with Crippen LogP contribution in [0.25, 0.3) is 0 Å². The predicted molar refractivity (Wildman–Crippen MR) is 92.6 cm³/mol. The maximum atomic E-state index is 12.6. The summed E-state index contributed by atoms with van der Waals surface area (Å²) in [6, 6.07) is 10.0. The van der Waals surface area contributed by atoms with Crippen LogP contribution in [-0.2, 0) is 11.3 Å². The Balaban J connectivity index is 1.94. The van der Waals surface area contributed by atoms with Gasteiger partial charge in [0.15, 0.2) is 6.04 Å². The summed E-state index contributed by atoms with van der Waals surface area (Å²) in [7, 11) is 3.66. The fourth-order valence-corrected chi connectivity index (χ4v) is 3.21. The van der Waals surface area contributed by atoms with Crippen LogP contribution < -0.4 is 15.0 Å². The Kier molecular flexibility index (Phi) is 6.22. The molecule has 1 aliphatic rings. The number of nitrogens with one attached hydrogen (secondary N) is 2. The third-order valence-corrected chi connectivity index (χ3v) is 5.06. The summed E-state index contributed by atoms with van der Waals surface area (Å²) in [6.45, 7) is 2.67. The van der Waals surface area contributed by atoms with Gasteiger partial charge in [0, 0.05) is 5.56 Å². The molecule has 0 bridgehead atoms. The molecule has 0 saturated heterocycles. The Morgan fingerprint density at radius 2 is 1.96 bits per heavy atom. The van der Waals surface area contributed by atoms with Gasteiger partial charge in [-0.15, -0.1) is 0 Å². The Morgan fingerprint density at radius 3 is 2.50 bits per heavy atom. The molecule has 1 aliphatic carbocycles. The number of methoxy groups -OCH3 is 1. The summed E-state index contributed by atoms with van der Waals surface area (Å²) >= 11 is 0. The standard InChI is InChI=1S/C19H27N3O2/c1-15(18(23)21-19(14-20)11-5-4-6-12-19)22(2)13-16-7-9-17(24-3)10-8-16/h7-10,15H,4-6,11-13H2,1-3H3,(H,21,23)/p+1/t15-/m1/s1. The topological polar surface area (TPSA) is 66.6 Å². The van der Waals surface area contributed by atoms with Crippen LogP contribution >= 0.6 is 0 Å². The number of hydrogen-bond acceptors (Lipinski definition) is 3. The molecule has 2 atom stereocenters. The van der Waals surface area contributed by atoms with Gasteiger partial charge in [0.05, 0.1) is 20.2 Å². The van der Waals surface area contributed by atoms with Crippen molar-refractivity contribution in [2.75, 3.05) is 14.2 Å². The molecule has 1 fully saturated rings. The first-order valence-corrected chi connectivity index (χ1v) is 8.68. The highest BCUT2D eigenvalue weighted by Gasteiger charge is 2.36. The van der Waals surface area contributed by atoms with E-state index in [2.05, 4.69) is 11.4 Å². The van der Waals surface area contributed by atoms with Gasteiger partial charge in [-0.05, 0) is 44.0 Å². The van der Waals surface area contributed by atoms with Gasteiger partial charge in [0.2, 0.25) is 0 Å². The highest BCUT2D eigenvalue weighted by Crippen LogP contribution is 2.27. The average Bonchev–Trinajstić information content (AvgIpc) is 2.62. The van der Waals surface area contributed by atoms with Gasteiger partial charge >= 0.3 is 0 Å². The van der Waals surface area contributed by atoms with Crippen molar-refractivity contribution in [2.45, 2.75) is 57.2 Å².